The van der Waals surface area contributed by atoms with Gasteiger partial charge in [0.2, 0.25) is 0 Å². The van der Waals surface area contributed by atoms with Gasteiger partial charge in [0.05, 0.1) is 17.0 Å². The first-order chi connectivity index (χ1) is 12.6. The molecule has 26 heavy (non-hydrogen) atoms. The Bertz CT molecular complexity index is 1110. The van der Waals surface area contributed by atoms with Gasteiger partial charge in [0.15, 0.2) is 5.88 Å². The summed E-state index contributed by atoms with van der Waals surface area (Å²) in [5, 5.41) is 11.6. The van der Waals surface area contributed by atoms with Gasteiger partial charge in [-0.2, -0.15) is 0 Å². The number of nitrogens with zero attached hydrogens (tertiary/aromatic N) is 2. The molecule has 0 saturated carbocycles. The predicted octanol–water partition coefficient (Wildman–Crippen LogP) is 5.05. The third-order valence-electron chi connectivity index (χ3n) is 4.34. The Morgan fingerprint density at radius 1 is 1.00 bits per heavy atom. The van der Waals surface area contributed by atoms with E-state index < -0.39 is 0 Å². The van der Waals surface area contributed by atoms with Gasteiger partial charge in [-0.3, -0.25) is 4.98 Å². The van der Waals surface area contributed by atoms with E-state index in [0.717, 1.165) is 39.1 Å². The highest BCUT2D eigenvalue weighted by atomic mass is 16.3. The molecular formula is C22H19N3O. The normalized spacial score (nSPS) is 11.8. The highest BCUT2D eigenvalue weighted by molar-refractivity contribution is 6.21. The van der Waals surface area contributed by atoms with Gasteiger partial charge in [-0.25, -0.2) is 4.99 Å². The van der Waals surface area contributed by atoms with Crippen LogP contribution in [0.2, 0.25) is 0 Å². The van der Waals surface area contributed by atoms with E-state index in [1.807, 2.05) is 68.4 Å². The molecule has 2 aromatic heterocycles. The van der Waals surface area contributed by atoms with Gasteiger partial charge in [0, 0.05) is 28.4 Å². The monoisotopic (exact) mass is 341 g/mol. The van der Waals surface area contributed by atoms with Crippen LogP contribution in [0.4, 0.5) is 5.69 Å². The van der Waals surface area contributed by atoms with Crippen LogP contribution in [0, 0.1) is 13.8 Å². The molecule has 4 aromatic rings. The van der Waals surface area contributed by atoms with Gasteiger partial charge < -0.3 is 10.1 Å². The zero-order valence-corrected chi connectivity index (χ0v) is 14.7. The van der Waals surface area contributed by atoms with Crippen molar-refractivity contribution >= 4 is 22.3 Å². The van der Waals surface area contributed by atoms with Crippen molar-refractivity contribution in [1.29, 1.82) is 0 Å². The minimum atomic E-state index is 0.124. The van der Waals surface area contributed by atoms with Crippen molar-refractivity contribution in [2.24, 2.45) is 4.99 Å². The first-order valence-corrected chi connectivity index (χ1v) is 8.50. The molecule has 2 N–H and O–H groups in total. The van der Waals surface area contributed by atoms with Gasteiger partial charge >= 0.3 is 0 Å². The number of H-pyrrole nitrogens is 1. The quantitative estimate of drug-likeness (QED) is 0.512. The smallest absolute Gasteiger partial charge is 0.199 e. The number of aromatic nitrogens is 2. The fourth-order valence-corrected chi connectivity index (χ4v) is 3.12. The number of benzene rings is 2. The van der Waals surface area contributed by atoms with Gasteiger partial charge in [-0.15, -0.1) is 0 Å². The maximum Gasteiger partial charge on any atom is 0.199 e. The lowest BCUT2D eigenvalue weighted by atomic mass is 10.00. The summed E-state index contributed by atoms with van der Waals surface area (Å²) in [6, 6.07) is 19.8. The maximum absolute atomic E-state index is 10.6. The highest BCUT2D eigenvalue weighted by Crippen LogP contribution is 2.32. The molecule has 4 rings (SSSR count). The first-order valence-electron chi connectivity index (χ1n) is 8.50. The van der Waals surface area contributed by atoms with Crippen LogP contribution in [0.15, 0.2) is 71.9 Å². The molecule has 4 nitrogen and oxygen atoms in total. The Morgan fingerprint density at radius 3 is 2.58 bits per heavy atom. The molecule has 128 valence electrons. The molecule has 0 fully saturated rings. The average Bonchev–Trinajstić information content (AvgIpc) is 2.95. The number of pyridine rings is 1. The summed E-state index contributed by atoms with van der Waals surface area (Å²) in [7, 11) is 0. The molecular weight excluding hydrogens is 322 g/mol. The number of rotatable bonds is 3. The Morgan fingerprint density at radius 2 is 1.81 bits per heavy atom. The topological polar surface area (TPSA) is 61.3 Å². The van der Waals surface area contributed by atoms with Crippen molar-refractivity contribution in [3.63, 3.8) is 0 Å². The van der Waals surface area contributed by atoms with Crippen LogP contribution in [0.5, 0.6) is 5.88 Å². The number of fused-ring (bicyclic) bond motifs is 1. The fraction of sp³-hybridized carbons (Fsp3) is 0.0909. The Kier molecular flexibility index (Phi) is 4.01. The number of hydrogen-bond donors (Lipinski definition) is 2. The molecule has 0 radical (unpaired) electrons. The third-order valence-corrected chi connectivity index (χ3v) is 4.34. The second-order valence-electron chi connectivity index (χ2n) is 6.38. The van der Waals surface area contributed by atoms with Crippen molar-refractivity contribution in [1.82, 2.24) is 9.97 Å². The fourth-order valence-electron chi connectivity index (χ4n) is 3.12. The number of nitrogens with one attached hydrogen (secondary N) is 1. The van der Waals surface area contributed by atoms with Gasteiger partial charge in [-0.1, -0.05) is 42.0 Å². The van der Waals surface area contributed by atoms with E-state index in [1.54, 1.807) is 6.20 Å². The van der Waals surface area contributed by atoms with Gasteiger partial charge in [-0.05, 0) is 38.1 Å². The molecule has 0 aliphatic carbocycles. The second-order valence-corrected chi connectivity index (χ2v) is 6.38. The molecule has 0 atom stereocenters. The van der Waals surface area contributed by atoms with E-state index in [1.165, 1.54) is 0 Å². The lowest BCUT2D eigenvalue weighted by Gasteiger charge is -2.08. The predicted molar refractivity (Wildman–Crippen MR) is 105 cm³/mol. The molecule has 0 saturated heterocycles. The number of hydrogen-bond acceptors (Lipinski definition) is 3. The van der Waals surface area contributed by atoms with Crippen LogP contribution < -0.4 is 0 Å². The van der Waals surface area contributed by atoms with Crippen molar-refractivity contribution in [2.75, 3.05) is 0 Å². The summed E-state index contributed by atoms with van der Waals surface area (Å²) in [6.45, 7) is 3.98. The number of aromatic hydroxyl groups is 1. The Labute approximate surface area is 151 Å². The minimum Gasteiger partial charge on any atom is -0.494 e. The molecule has 0 amide bonds. The molecule has 4 heteroatoms. The second kappa shape index (κ2) is 6.48. The van der Waals surface area contributed by atoms with E-state index in [2.05, 4.69) is 16.0 Å². The summed E-state index contributed by atoms with van der Waals surface area (Å²) in [6.07, 6.45) is 1.75. The van der Waals surface area contributed by atoms with Crippen molar-refractivity contribution in [2.45, 2.75) is 13.8 Å². The Balaban J connectivity index is 2.01. The van der Waals surface area contributed by atoms with E-state index in [4.69, 9.17) is 4.99 Å². The number of aryl methyl sites for hydroxylation is 2. The molecule has 0 aliphatic rings. The standard InChI is InChI=1S/C22H19N3O/c1-14-8-9-19-18(12-14)20(22(26)25-19)21(16-6-4-3-5-7-16)24-17-10-11-23-15(2)13-17/h3-13,25-26H,1-2H3. The molecule has 2 heterocycles. The zero-order valence-electron chi connectivity index (χ0n) is 14.7. The van der Waals surface area contributed by atoms with E-state index >= 15 is 0 Å². The zero-order chi connectivity index (χ0) is 18.1. The molecule has 0 spiro atoms. The van der Waals surface area contributed by atoms with Crippen molar-refractivity contribution in [3.05, 3.63) is 89.2 Å². The average molecular weight is 341 g/mol. The number of aliphatic imine (C=N–C) groups is 1. The summed E-state index contributed by atoms with van der Waals surface area (Å²) < 4.78 is 0. The largest absolute Gasteiger partial charge is 0.494 e. The van der Waals surface area contributed by atoms with Crippen LogP contribution in [0.25, 0.3) is 10.9 Å². The lowest BCUT2D eigenvalue weighted by Crippen LogP contribution is -2.03. The SMILES string of the molecule is Cc1ccc2[nH]c(O)c(C(=Nc3ccnc(C)c3)c3ccccc3)c2c1. The summed E-state index contributed by atoms with van der Waals surface area (Å²) in [5.41, 5.74) is 6.10. The highest BCUT2D eigenvalue weighted by Gasteiger charge is 2.18. The van der Waals surface area contributed by atoms with Crippen molar-refractivity contribution in [3.8, 4) is 5.88 Å². The van der Waals surface area contributed by atoms with E-state index in [0.29, 0.717) is 5.56 Å². The summed E-state index contributed by atoms with van der Waals surface area (Å²) in [5.74, 6) is 0.124. The van der Waals surface area contributed by atoms with E-state index in [9.17, 15) is 5.11 Å². The van der Waals surface area contributed by atoms with Crippen LogP contribution in [-0.2, 0) is 0 Å². The third kappa shape index (κ3) is 2.97. The Hall–Kier alpha value is -3.40. The molecule has 2 aromatic carbocycles. The van der Waals surface area contributed by atoms with Gasteiger partial charge in [0.1, 0.15) is 0 Å². The van der Waals surface area contributed by atoms with Crippen LogP contribution in [0.1, 0.15) is 22.4 Å². The summed E-state index contributed by atoms with van der Waals surface area (Å²) >= 11 is 0. The molecule has 0 aliphatic heterocycles. The van der Waals surface area contributed by atoms with Crippen LogP contribution >= 0.6 is 0 Å². The summed E-state index contributed by atoms with van der Waals surface area (Å²) in [4.78, 5) is 12.2. The van der Waals surface area contributed by atoms with Crippen LogP contribution in [-0.4, -0.2) is 20.8 Å². The minimum absolute atomic E-state index is 0.124. The number of aromatic amines is 1. The lowest BCUT2D eigenvalue weighted by molar-refractivity contribution is 0.457. The molecule has 0 bridgehead atoms. The van der Waals surface area contributed by atoms with Gasteiger partial charge in [0.25, 0.3) is 0 Å². The molecule has 0 unspecified atom stereocenters. The maximum atomic E-state index is 10.6. The van der Waals surface area contributed by atoms with E-state index in [-0.39, 0.29) is 5.88 Å². The van der Waals surface area contributed by atoms with Crippen LogP contribution in [0.3, 0.4) is 0 Å². The van der Waals surface area contributed by atoms with Crippen molar-refractivity contribution < 1.29 is 5.11 Å². The first kappa shape index (κ1) is 16.1.